The Morgan fingerprint density at radius 1 is 1.47 bits per heavy atom. The standard InChI is InChI=1S/C13H18N4O2/c1-10-2-5-17-11(8-10)15-12(16-17)14-9-13(18)3-6-19-7-4-13/h2,5,8,18H,3-4,6-7,9H2,1H3,(H,14,16). The minimum atomic E-state index is -0.717. The molecule has 0 aliphatic carbocycles. The predicted molar refractivity (Wildman–Crippen MR) is 71.2 cm³/mol. The van der Waals surface area contributed by atoms with Crippen LogP contribution in [0, 0.1) is 6.92 Å². The largest absolute Gasteiger partial charge is 0.388 e. The summed E-state index contributed by atoms with van der Waals surface area (Å²) in [5, 5.41) is 17.8. The zero-order valence-electron chi connectivity index (χ0n) is 11.0. The molecule has 0 aromatic carbocycles. The first-order valence-corrected chi connectivity index (χ1v) is 6.52. The smallest absolute Gasteiger partial charge is 0.243 e. The topological polar surface area (TPSA) is 71.7 Å². The Bertz CT molecular complexity index is 575. The average molecular weight is 262 g/mol. The van der Waals surface area contributed by atoms with Crippen LogP contribution in [0.3, 0.4) is 0 Å². The van der Waals surface area contributed by atoms with Crippen molar-refractivity contribution in [1.82, 2.24) is 14.6 Å². The van der Waals surface area contributed by atoms with Crippen LogP contribution >= 0.6 is 0 Å². The van der Waals surface area contributed by atoms with Crippen LogP contribution in [0.2, 0.25) is 0 Å². The molecular weight excluding hydrogens is 244 g/mol. The zero-order valence-corrected chi connectivity index (χ0v) is 11.0. The van der Waals surface area contributed by atoms with Gasteiger partial charge in [-0.1, -0.05) is 0 Å². The van der Waals surface area contributed by atoms with Gasteiger partial charge in [-0.25, -0.2) is 4.52 Å². The van der Waals surface area contributed by atoms with Crippen LogP contribution in [-0.4, -0.2) is 45.1 Å². The molecule has 1 fully saturated rings. The van der Waals surface area contributed by atoms with Gasteiger partial charge < -0.3 is 15.2 Å². The summed E-state index contributed by atoms with van der Waals surface area (Å²) in [4.78, 5) is 4.39. The molecule has 3 heterocycles. The summed E-state index contributed by atoms with van der Waals surface area (Å²) in [5.41, 5.74) is 1.24. The Balaban J connectivity index is 1.71. The van der Waals surface area contributed by atoms with E-state index in [2.05, 4.69) is 15.4 Å². The normalized spacial score (nSPS) is 18.6. The van der Waals surface area contributed by atoms with Crippen molar-refractivity contribution < 1.29 is 9.84 Å². The molecule has 1 aliphatic heterocycles. The second kappa shape index (κ2) is 4.79. The van der Waals surface area contributed by atoms with Crippen molar-refractivity contribution in [2.24, 2.45) is 0 Å². The van der Waals surface area contributed by atoms with Gasteiger partial charge in [0, 0.05) is 38.8 Å². The quantitative estimate of drug-likeness (QED) is 0.863. The third kappa shape index (κ3) is 2.69. The molecule has 0 atom stereocenters. The molecular formula is C13H18N4O2. The lowest BCUT2D eigenvalue weighted by Crippen LogP contribution is -2.42. The number of hydrogen-bond acceptors (Lipinski definition) is 5. The van der Waals surface area contributed by atoms with Crippen LogP contribution < -0.4 is 5.32 Å². The number of fused-ring (bicyclic) bond motifs is 1. The average Bonchev–Trinajstić information content (AvgIpc) is 2.79. The highest BCUT2D eigenvalue weighted by Gasteiger charge is 2.29. The number of nitrogens with one attached hydrogen (secondary N) is 1. The van der Waals surface area contributed by atoms with Crippen LogP contribution in [0.5, 0.6) is 0 Å². The lowest BCUT2D eigenvalue weighted by atomic mass is 9.94. The van der Waals surface area contributed by atoms with Crippen molar-refractivity contribution in [1.29, 1.82) is 0 Å². The summed E-state index contributed by atoms with van der Waals surface area (Å²) in [6.07, 6.45) is 3.17. The highest BCUT2D eigenvalue weighted by molar-refractivity contribution is 5.45. The molecule has 2 N–H and O–H groups in total. The van der Waals surface area contributed by atoms with E-state index in [9.17, 15) is 5.11 Å². The Hall–Kier alpha value is -1.66. The van der Waals surface area contributed by atoms with Crippen molar-refractivity contribution >= 4 is 11.6 Å². The van der Waals surface area contributed by atoms with E-state index in [1.807, 2.05) is 25.3 Å². The number of anilines is 1. The molecule has 1 aliphatic rings. The van der Waals surface area contributed by atoms with E-state index >= 15 is 0 Å². The van der Waals surface area contributed by atoms with Gasteiger partial charge in [-0.3, -0.25) is 0 Å². The summed E-state index contributed by atoms with van der Waals surface area (Å²) in [7, 11) is 0. The fourth-order valence-corrected chi connectivity index (χ4v) is 2.23. The van der Waals surface area contributed by atoms with Gasteiger partial charge in [0.15, 0.2) is 5.65 Å². The fourth-order valence-electron chi connectivity index (χ4n) is 2.23. The highest BCUT2D eigenvalue weighted by Crippen LogP contribution is 2.20. The van der Waals surface area contributed by atoms with Gasteiger partial charge in [-0.15, -0.1) is 5.10 Å². The van der Waals surface area contributed by atoms with Crippen molar-refractivity contribution in [2.75, 3.05) is 25.1 Å². The van der Waals surface area contributed by atoms with Crippen LogP contribution in [0.15, 0.2) is 18.3 Å². The van der Waals surface area contributed by atoms with Gasteiger partial charge in [0.25, 0.3) is 0 Å². The second-order valence-electron chi connectivity index (χ2n) is 5.13. The summed E-state index contributed by atoms with van der Waals surface area (Å²) in [6.45, 7) is 3.69. The number of aryl methyl sites for hydroxylation is 1. The molecule has 2 aromatic heterocycles. The van der Waals surface area contributed by atoms with Crippen molar-refractivity contribution in [2.45, 2.75) is 25.4 Å². The molecule has 1 saturated heterocycles. The van der Waals surface area contributed by atoms with Gasteiger partial charge in [0.2, 0.25) is 5.95 Å². The maximum atomic E-state index is 10.3. The van der Waals surface area contributed by atoms with Gasteiger partial charge in [0.1, 0.15) is 0 Å². The van der Waals surface area contributed by atoms with Crippen LogP contribution in [-0.2, 0) is 4.74 Å². The van der Waals surface area contributed by atoms with Crippen molar-refractivity contribution in [3.8, 4) is 0 Å². The van der Waals surface area contributed by atoms with E-state index in [0.717, 1.165) is 11.2 Å². The Kier molecular flexibility index (Phi) is 3.12. The molecule has 0 saturated carbocycles. The van der Waals surface area contributed by atoms with Gasteiger partial charge >= 0.3 is 0 Å². The Morgan fingerprint density at radius 3 is 3.05 bits per heavy atom. The molecule has 2 aromatic rings. The highest BCUT2D eigenvalue weighted by atomic mass is 16.5. The minimum absolute atomic E-state index is 0.451. The lowest BCUT2D eigenvalue weighted by Gasteiger charge is -2.31. The number of pyridine rings is 1. The molecule has 3 rings (SSSR count). The predicted octanol–water partition coefficient (Wildman–Crippen LogP) is 0.991. The van der Waals surface area contributed by atoms with Crippen molar-refractivity contribution in [3.05, 3.63) is 23.9 Å². The fraction of sp³-hybridized carbons (Fsp3) is 0.538. The molecule has 0 unspecified atom stereocenters. The molecule has 6 heteroatoms. The minimum Gasteiger partial charge on any atom is -0.388 e. The van der Waals surface area contributed by atoms with Gasteiger partial charge in [0.05, 0.1) is 5.60 Å². The van der Waals surface area contributed by atoms with Crippen LogP contribution in [0.1, 0.15) is 18.4 Å². The SMILES string of the molecule is Cc1ccn2nc(NCC3(O)CCOCC3)nc2c1. The maximum Gasteiger partial charge on any atom is 0.243 e. The van der Waals surface area contributed by atoms with E-state index in [1.54, 1.807) is 4.52 Å². The van der Waals surface area contributed by atoms with Crippen LogP contribution in [0.4, 0.5) is 5.95 Å². The molecule has 102 valence electrons. The number of ether oxygens (including phenoxy) is 1. The van der Waals surface area contributed by atoms with E-state index in [1.165, 1.54) is 0 Å². The van der Waals surface area contributed by atoms with E-state index in [-0.39, 0.29) is 0 Å². The first-order valence-electron chi connectivity index (χ1n) is 6.52. The van der Waals surface area contributed by atoms with E-state index in [4.69, 9.17) is 4.74 Å². The van der Waals surface area contributed by atoms with Gasteiger partial charge in [-0.05, 0) is 24.6 Å². The van der Waals surface area contributed by atoms with E-state index < -0.39 is 5.60 Å². The summed E-state index contributed by atoms with van der Waals surface area (Å²) in [6, 6.07) is 3.96. The molecule has 0 spiro atoms. The third-order valence-corrected chi connectivity index (χ3v) is 3.49. The molecule has 0 amide bonds. The Labute approximate surface area is 111 Å². The van der Waals surface area contributed by atoms with Crippen molar-refractivity contribution in [3.63, 3.8) is 0 Å². The second-order valence-corrected chi connectivity index (χ2v) is 5.13. The molecule has 6 nitrogen and oxygen atoms in total. The first kappa shape index (κ1) is 12.4. The third-order valence-electron chi connectivity index (χ3n) is 3.49. The lowest BCUT2D eigenvalue weighted by molar-refractivity contribution is -0.0544. The first-order chi connectivity index (χ1) is 9.15. The number of nitrogens with zero attached hydrogens (tertiary/aromatic N) is 3. The molecule has 0 bridgehead atoms. The Morgan fingerprint density at radius 2 is 2.26 bits per heavy atom. The number of aliphatic hydroxyl groups is 1. The van der Waals surface area contributed by atoms with Crippen LogP contribution in [0.25, 0.3) is 5.65 Å². The number of rotatable bonds is 3. The van der Waals surface area contributed by atoms with Gasteiger partial charge in [-0.2, -0.15) is 4.98 Å². The zero-order chi connectivity index (χ0) is 13.3. The molecule has 19 heavy (non-hydrogen) atoms. The maximum absolute atomic E-state index is 10.3. The number of aromatic nitrogens is 3. The van der Waals surface area contributed by atoms with E-state index in [0.29, 0.717) is 38.5 Å². The monoisotopic (exact) mass is 262 g/mol. The summed E-state index contributed by atoms with van der Waals surface area (Å²) in [5.74, 6) is 0.547. The summed E-state index contributed by atoms with van der Waals surface area (Å²) < 4.78 is 6.98. The summed E-state index contributed by atoms with van der Waals surface area (Å²) >= 11 is 0. The molecule has 0 radical (unpaired) electrons. The number of hydrogen-bond donors (Lipinski definition) is 2.